The normalized spacial score (nSPS) is 13.4. The van der Waals surface area contributed by atoms with Crippen molar-refractivity contribution >= 4 is 38.6 Å². The van der Waals surface area contributed by atoms with E-state index in [-0.39, 0.29) is 0 Å². The lowest BCUT2D eigenvalue weighted by atomic mass is 9.69. The lowest BCUT2D eigenvalue weighted by Gasteiger charge is -2.33. The Kier molecular flexibility index (Phi) is 5.27. The smallest absolute Gasteiger partial charge is 0.0732 e. The third kappa shape index (κ3) is 3.29. The molecule has 0 aliphatic heterocycles. The highest BCUT2D eigenvalue weighted by molar-refractivity contribution is 6.05. The van der Waals surface area contributed by atoms with Gasteiger partial charge in [0.15, 0.2) is 0 Å². The van der Waals surface area contributed by atoms with Crippen molar-refractivity contribution in [3.05, 3.63) is 198 Å². The summed E-state index contributed by atoms with van der Waals surface area (Å²) in [7, 11) is 0. The molecule has 0 bridgehead atoms. The van der Waals surface area contributed by atoms with Gasteiger partial charge in [-0.1, -0.05) is 146 Å². The maximum Gasteiger partial charge on any atom is 0.0732 e. The first kappa shape index (κ1) is 25.4. The monoisotopic (exact) mass is 583 g/mol. The van der Waals surface area contributed by atoms with E-state index >= 15 is 0 Å². The predicted octanol–water partition coefficient (Wildman–Crippen LogP) is 11.8. The van der Waals surface area contributed by atoms with Gasteiger partial charge in [-0.25, -0.2) is 0 Å². The first-order valence-electron chi connectivity index (χ1n) is 16.0. The van der Waals surface area contributed by atoms with Crippen LogP contribution in [0.25, 0.3) is 43.8 Å². The average molecular weight is 584 g/mol. The second-order valence-electron chi connectivity index (χ2n) is 12.4. The van der Waals surface area contributed by atoms with Gasteiger partial charge in [-0.05, 0) is 91.0 Å². The quantitative estimate of drug-likeness (QED) is 0.200. The Bertz CT molecular complexity index is 2440. The van der Waals surface area contributed by atoms with E-state index in [1.165, 1.54) is 71.7 Å². The fourth-order valence-electron chi connectivity index (χ4n) is 8.45. The Morgan fingerprint density at radius 2 is 0.913 bits per heavy atom. The molecule has 10 rings (SSSR count). The lowest BCUT2D eigenvalue weighted by molar-refractivity contribution is 0.801. The molecule has 1 heteroatoms. The summed E-state index contributed by atoms with van der Waals surface area (Å²) in [6.45, 7) is 0. The SMILES string of the molecule is c1ccc(N(c2ccc3c(c2)C2(c4ccccc4-c4ccccc42)c2c-3ccc3ccccc23)c2cccc3ccccc23)cc1. The highest BCUT2D eigenvalue weighted by atomic mass is 15.1. The standard InChI is InChI=1S/C45H29N/c1-2-16-32(17-3-1)46(43-24-12-15-30-13-4-6-18-34(30)43)33-26-28-38-39-27-25-31-14-5-7-19-35(31)44(39)45(42(38)29-33)40-22-10-8-20-36(40)37-21-9-11-23-41(37)45/h1-29H. The van der Waals surface area contributed by atoms with Gasteiger partial charge in [0.1, 0.15) is 0 Å². The van der Waals surface area contributed by atoms with Crippen LogP contribution < -0.4 is 4.90 Å². The van der Waals surface area contributed by atoms with E-state index in [2.05, 4.69) is 181 Å². The van der Waals surface area contributed by atoms with Gasteiger partial charge in [0.25, 0.3) is 0 Å². The molecule has 0 aromatic heterocycles. The van der Waals surface area contributed by atoms with E-state index in [1.54, 1.807) is 0 Å². The molecule has 0 saturated heterocycles. The first-order chi connectivity index (χ1) is 22.8. The zero-order chi connectivity index (χ0) is 30.2. The molecule has 0 amide bonds. The summed E-state index contributed by atoms with van der Waals surface area (Å²) >= 11 is 0. The highest BCUT2D eigenvalue weighted by Crippen LogP contribution is 2.64. The highest BCUT2D eigenvalue weighted by Gasteiger charge is 2.52. The van der Waals surface area contributed by atoms with Crippen LogP contribution >= 0.6 is 0 Å². The topological polar surface area (TPSA) is 3.24 Å². The van der Waals surface area contributed by atoms with Gasteiger partial charge >= 0.3 is 0 Å². The van der Waals surface area contributed by atoms with E-state index in [1.807, 2.05) is 0 Å². The minimum atomic E-state index is -0.435. The molecule has 0 atom stereocenters. The lowest BCUT2D eigenvalue weighted by Crippen LogP contribution is -2.26. The second kappa shape index (κ2) is 9.54. The van der Waals surface area contributed by atoms with Gasteiger partial charge < -0.3 is 4.90 Å². The van der Waals surface area contributed by atoms with Crippen LogP contribution in [0.3, 0.4) is 0 Å². The molecule has 214 valence electrons. The summed E-state index contributed by atoms with van der Waals surface area (Å²) < 4.78 is 0. The van der Waals surface area contributed by atoms with Gasteiger partial charge in [0, 0.05) is 16.8 Å². The molecule has 0 heterocycles. The number of rotatable bonds is 3. The van der Waals surface area contributed by atoms with Crippen molar-refractivity contribution in [2.75, 3.05) is 4.90 Å². The molecule has 0 N–H and O–H groups in total. The van der Waals surface area contributed by atoms with Crippen molar-refractivity contribution in [3.63, 3.8) is 0 Å². The summed E-state index contributed by atoms with van der Waals surface area (Å²) in [5, 5.41) is 5.06. The molecule has 0 radical (unpaired) electrons. The van der Waals surface area contributed by atoms with Gasteiger partial charge in [0.2, 0.25) is 0 Å². The van der Waals surface area contributed by atoms with E-state index in [0.29, 0.717) is 0 Å². The second-order valence-corrected chi connectivity index (χ2v) is 12.4. The van der Waals surface area contributed by atoms with Gasteiger partial charge in [-0.15, -0.1) is 0 Å². The Morgan fingerprint density at radius 1 is 0.348 bits per heavy atom. The number of hydrogen-bond donors (Lipinski definition) is 0. The fourth-order valence-corrected chi connectivity index (χ4v) is 8.45. The maximum absolute atomic E-state index is 2.48. The number of nitrogens with zero attached hydrogens (tertiary/aromatic N) is 1. The molecule has 46 heavy (non-hydrogen) atoms. The minimum Gasteiger partial charge on any atom is -0.310 e. The number of hydrogen-bond acceptors (Lipinski definition) is 1. The number of fused-ring (bicyclic) bond motifs is 13. The number of anilines is 3. The van der Waals surface area contributed by atoms with Crippen LogP contribution in [0.15, 0.2) is 176 Å². The minimum absolute atomic E-state index is 0.435. The molecule has 0 fully saturated rings. The summed E-state index contributed by atoms with van der Waals surface area (Å²) in [5.74, 6) is 0. The van der Waals surface area contributed by atoms with Gasteiger partial charge in [-0.3, -0.25) is 0 Å². The number of para-hydroxylation sites is 1. The van der Waals surface area contributed by atoms with Gasteiger partial charge in [0.05, 0.1) is 11.1 Å². The summed E-state index contributed by atoms with van der Waals surface area (Å²) in [6.07, 6.45) is 0. The van der Waals surface area contributed by atoms with Crippen molar-refractivity contribution in [1.29, 1.82) is 0 Å². The Morgan fingerprint density at radius 3 is 1.67 bits per heavy atom. The van der Waals surface area contributed by atoms with Crippen molar-refractivity contribution in [2.45, 2.75) is 5.41 Å². The van der Waals surface area contributed by atoms with E-state index < -0.39 is 5.41 Å². The van der Waals surface area contributed by atoms with Crippen LogP contribution in [0, 0.1) is 0 Å². The average Bonchev–Trinajstić information content (AvgIpc) is 3.59. The van der Waals surface area contributed by atoms with E-state index in [4.69, 9.17) is 0 Å². The maximum atomic E-state index is 2.48. The van der Waals surface area contributed by atoms with Crippen molar-refractivity contribution in [1.82, 2.24) is 0 Å². The van der Waals surface area contributed by atoms with Crippen molar-refractivity contribution in [2.24, 2.45) is 0 Å². The molecular formula is C45H29N. The summed E-state index contributed by atoms with van der Waals surface area (Å²) in [6, 6.07) is 65.0. The van der Waals surface area contributed by atoms with Crippen LogP contribution in [0.5, 0.6) is 0 Å². The predicted molar refractivity (Wildman–Crippen MR) is 192 cm³/mol. The first-order valence-corrected chi connectivity index (χ1v) is 16.0. The zero-order valence-electron chi connectivity index (χ0n) is 25.2. The van der Waals surface area contributed by atoms with Crippen LogP contribution in [0.4, 0.5) is 17.1 Å². The Hall–Kier alpha value is -5.92. The molecule has 1 spiro atoms. The van der Waals surface area contributed by atoms with Crippen LogP contribution in [0.1, 0.15) is 22.3 Å². The third-order valence-corrected chi connectivity index (χ3v) is 10.2. The number of benzene rings is 8. The Labute approximate surface area is 268 Å². The molecular weight excluding hydrogens is 555 g/mol. The van der Waals surface area contributed by atoms with Crippen LogP contribution in [0.2, 0.25) is 0 Å². The van der Waals surface area contributed by atoms with Gasteiger partial charge in [-0.2, -0.15) is 0 Å². The molecule has 8 aromatic rings. The molecule has 0 saturated carbocycles. The van der Waals surface area contributed by atoms with Crippen LogP contribution in [-0.2, 0) is 5.41 Å². The Balaban J connectivity index is 1.33. The van der Waals surface area contributed by atoms with Crippen LogP contribution in [-0.4, -0.2) is 0 Å². The summed E-state index contributed by atoms with van der Waals surface area (Å²) in [5.41, 5.74) is 13.8. The third-order valence-electron chi connectivity index (χ3n) is 10.2. The van der Waals surface area contributed by atoms with E-state index in [9.17, 15) is 0 Å². The molecule has 8 aromatic carbocycles. The summed E-state index contributed by atoms with van der Waals surface area (Å²) in [4.78, 5) is 2.43. The molecule has 2 aliphatic carbocycles. The molecule has 0 unspecified atom stereocenters. The largest absolute Gasteiger partial charge is 0.310 e. The zero-order valence-corrected chi connectivity index (χ0v) is 25.2. The fraction of sp³-hybridized carbons (Fsp3) is 0.0222. The molecule has 1 nitrogen and oxygen atoms in total. The van der Waals surface area contributed by atoms with E-state index in [0.717, 1.165) is 11.4 Å². The van der Waals surface area contributed by atoms with Crippen molar-refractivity contribution in [3.8, 4) is 22.3 Å². The molecule has 2 aliphatic rings. The van der Waals surface area contributed by atoms with Crippen molar-refractivity contribution < 1.29 is 0 Å².